The van der Waals surface area contributed by atoms with Gasteiger partial charge in [-0.1, -0.05) is 158 Å². The number of furan rings is 1. The van der Waals surface area contributed by atoms with Gasteiger partial charge in [0.25, 0.3) is 0 Å². The Morgan fingerprint density at radius 1 is 0.259 bits per heavy atom. The molecule has 58 heavy (non-hydrogen) atoms. The minimum atomic E-state index is 0.873. The van der Waals surface area contributed by atoms with E-state index in [-0.39, 0.29) is 0 Å². The Labute approximate surface area is 337 Å². The first-order valence-electron chi connectivity index (χ1n) is 19.8. The van der Waals surface area contributed by atoms with Crippen LogP contribution in [0.4, 0.5) is 17.1 Å². The van der Waals surface area contributed by atoms with E-state index in [0.29, 0.717) is 0 Å². The third kappa shape index (κ3) is 6.18. The molecule has 11 aromatic rings. The Hall–Kier alpha value is -7.68. The molecule has 0 saturated carbocycles. The predicted molar refractivity (Wildman–Crippen MR) is 245 cm³/mol. The van der Waals surface area contributed by atoms with E-state index in [1.807, 2.05) is 18.2 Å². The molecule has 0 fully saturated rings. The summed E-state index contributed by atoms with van der Waals surface area (Å²) in [4.78, 5) is 2.36. The maximum Gasteiger partial charge on any atom is 0.135 e. The lowest BCUT2D eigenvalue weighted by Crippen LogP contribution is -2.10. The number of hydrogen-bond donors (Lipinski definition) is 0. The zero-order chi connectivity index (χ0) is 38.4. The Morgan fingerprint density at radius 2 is 0.776 bits per heavy atom. The molecular weight excluding hydrogens is 703 g/mol. The highest BCUT2D eigenvalue weighted by atomic mass is 16.3. The molecule has 0 aliphatic rings. The van der Waals surface area contributed by atoms with Crippen LogP contribution in [0.25, 0.3) is 88.0 Å². The topological polar surface area (TPSA) is 16.4 Å². The van der Waals surface area contributed by atoms with E-state index in [1.165, 1.54) is 54.6 Å². The molecule has 0 aliphatic carbocycles. The first-order chi connectivity index (χ1) is 28.7. The van der Waals surface area contributed by atoms with E-state index < -0.39 is 0 Å². The number of anilines is 3. The molecule has 11 rings (SSSR count). The summed E-state index contributed by atoms with van der Waals surface area (Å²) in [7, 11) is 0. The second-order valence-electron chi connectivity index (χ2n) is 15.0. The Morgan fingerprint density at radius 3 is 1.55 bits per heavy atom. The van der Waals surface area contributed by atoms with E-state index in [4.69, 9.17) is 4.42 Å². The second kappa shape index (κ2) is 14.1. The van der Waals surface area contributed by atoms with Gasteiger partial charge in [0, 0.05) is 28.0 Å². The van der Waals surface area contributed by atoms with Gasteiger partial charge in [-0.15, -0.1) is 0 Å². The fourth-order valence-corrected chi connectivity index (χ4v) is 8.42. The SMILES string of the molecule is c1cc(-c2ccc(N(c3ccc(-c4ccc5c(ccc6ccccc65)c4)cc3)c3cccc(-c4ccc5ccccc5c4)c3)cc2)cc(-c2cc3ccccc3o2)c1. The lowest BCUT2D eigenvalue weighted by atomic mass is 9.97. The monoisotopic (exact) mass is 739 g/mol. The van der Waals surface area contributed by atoms with Gasteiger partial charge in [-0.25, -0.2) is 0 Å². The van der Waals surface area contributed by atoms with Crippen LogP contribution in [0.2, 0.25) is 0 Å². The molecule has 272 valence electrons. The molecule has 1 aromatic heterocycles. The van der Waals surface area contributed by atoms with Gasteiger partial charge in [0.2, 0.25) is 0 Å². The Balaban J connectivity index is 0.967. The van der Waals surface area contributed by atoms with Gasteiger partial charge >= 0.3 is 0 Å². The molecule has 0 radical (unpaired) electrons. The molecule has 0 aliphatic heterocycles. The lowest BCUT2D eigenvalue weighted by Gasteiger charge is -2.26. The van der Waals surface area contributed by atoms with Crippen molar-refractivity contribution in [1.82, 2.24) is 0 Å². The summed E-state index contributed by atoms with van der Waals surface area (Å²) >= 11 is 0. The highest BCUT2D eigenvalue weighted by molar-refractivity contribution is 6.08. The van der Waals surface area contributed by atoms with Crippen LogP contribution in [0.1, 0.15) is 0 Å². The molecule has 0 unspecified atom stereocenters. The molecule has 2 nitrogen and oxygen atoms in total. The van der Waals surface area contributed by atoms with Crippen molar-refractivity contribution in [3.8, 4) is 44.7 Å². The fourth-order valence-electron chi connectivity index (χ4n) is 8.42. The minimum absolute atomic E-state index is 0.873. The van der Waals surface area contributed by atoms with E-state index in [1.54, 1.807) is 0 Å². The first kappa shape index (κ1) is 33.6. The number of fused-ring (bicyclic) bond motifs is 5. The second-order valence-corrected chi connectivity index (χ2v) is 15.0. The molecule has 0 atom stereocenters. The zero-order valence-corrected chi connectivity index (χ0v) is 31.7. The van der Waals surface area contributed by atoms with Crippen LogP contribution < -0.4 is 4.90 Å². The number of hydrogen-bond acceptors (Lipinski definition) is 2. The van der Waals surface area contributed by atoms with Crippen molar-refractivity contribution in [1.29, 1.82) is 0 Å². The number of rotatable bonds is 7. The smallest absolute Gasteiger partial charge is 0.135 e. The number of nitrogens with zero attached hydrogens (tertiary/aromatic N) is 1. The first-order valence-corrected chi connectivity index (χ1v) is 19.8. The molecule has 10 aromatic carbocycles. The van der Waals surface area contributed by atoms with Gasteiger partial charge < -0.3 is 9.32 Å². The van der Waals surface area contributed by atoms with Gasteiger partial charge in [-0.3, -0.25) is 0 Å². The largest absolute Gasteiger partial charge is 0.456 e. The molecule has 0 spiro atoms. The van der Waals surface area contributed by atoms with E-state index >= 15 is 0 Å². The predicted octanol–water partition coefficient (Wildman–Crippen LogP) is 16.0. The molecule has 0 amide bonds. The average Bonchev–Trinajstić information content (AvgIpc) is 3.74. The van der Waals surface area contributed by atoms with Gasteiger partial charge in [0.15, 0.2) is 0 Å². The van der Waals surface area contributed by atoms with Gasteiger partial charge in [0.1, 0.15) is 11.3 Å². The van der Waals surface area contributed by atoms with Gasteiger partial charge in [-0.05, 0) is 132 Å². The molecule has 0 N–H and O–H groups in total. The summed E-state index contributed by atoms with van der Waals surface area (Å²) in [5.74, 6) is 0.873. The zero-order valence-electron chi connectivity index (χ0n) is 31.7. The normalized spacial score (nSPS) is 11.4. The van der Waals surface area contributed by atoms with Crippen molar-refractivity contribution >= 4 is 60.3 Å². The maximum absolute atomic E-state index is 6.22. The summed E-state index contributed by atoms with van der Waals surface area (Å²) in [6.07, 6.45) is 0. The van der Waals surface area contributed by atoms with E-state index in [0.717, 1.165) is 50.5 Å². The highest BCUT2D eigenvalue weighted by Gasteiger charge is 2.16. The van der Waals surface area contributed by atoms with Crippen molar-refractivity contribution in [2.45, 2.75) is 0 Å². The van der Waals surface area contributed by atoms with Crippen molar-refractivity contribution in [3.05, 3.63) is 224 Å². The number of para-hydroxylation sites is 1. The van der Waals surface area contributed by atoms with E-state index in [9.17, 15) is 0 Å². The summed E-state index contributed by atoms with van der Waals surface area (Å²) in [5.41, 5.74) is 12.3. The summed E-state index contributed by atoms with van der Waals surface area (Å²) in [6.45, 7) is 0. The highest BCUT2D eigenvalue weighted by Crippen LogP contribution is 2.40. The van der Waals surface area contributed by atoms with Crippen molar-refractivity contribution in [2.75, 3.05) is 4.90 Å². The van der Waals surface area contributed by atoms with E-state index in [2.05, 4.69) is 211 Å². The summed E-state index contributed by atoms with van der Waals surface area (Å²) in [6, 6.07) is 80.8. The van der Waals surface area contributed by atoms with Crippen LogP contribution in [0.3, 0.4) is 0 Å². The Kier molecular flexibility index (Phi) is 8.19. The summed E-state index contributed by atoms with van der Waals surface area (Å²) < 4.78 is 6.22. The van der Waals surface area contributed by atoms with Crippen molar-refractivity contribution < 1.29 is 4.42 Å². The van der Waals surface area contributed by atoms with Gasteiger partial charge in [0.05, 0.1) is 0 Å². The molecule has 0 bridgehead atoms. The molecule has 2 heteroatoms. The van der Waals surface area contributed by atoms with Crippen LogP contribution >= 0.6 is 0 Å². The molecule has 1 heterocycles. The van der Waals surface area contributed by atoms with Crippen LogP contribution in [-0.4, -0.2) is 0 Å². The number of benzene rings is 10. The standard InChI is InChI=1S/C56H37NO/c1-2-11-42-33-46(21-19-38(42)9-1)44-14-8-16-52(36-44)57(51-30-25-40(26-31-51)45-27-32-54-47(34-45)22-20-41-10-3-5-17-53(41)54)50-28-23-39(24-29-50)43-13-7-15-48(35-43)56-37-49-12-4-6-18-55(49)58-56/h1-37H. The molecule has 0 saturated heterocycles. The quantitative estimate of drug-likeness (QED) is 0.151. The van der Waals surface area contributed by atoms with Crippen molar-refractivity contribution in [2.24, 2.45) is 0 Å². The van der Waals surface area contributed by atoms with Crippen LogP contribution in [0.15, 0.2) is 229 Å². The van der Waals surface area contributed by atoms with Crippen molar-refractivity contribution in [3.63, 3.8) is 0 Å². The lowest BCUT2D eigenvalue weighted by molar-refractivity contribution is 0.631. The van der Waals surface area contributed by atoms with Crippen LogP contribution in [0.5, 0.6) is 0 Å². The van der Waals surface area contributed by atoms with Gasteiger partial charge in [-0.2, -0.15) is 0 Å². The third-order valence-corrected chi connectivity index (χ3v) is 11.4. The average molecular weight is 740 g/mol. The van der Waals surface area contributed by atoms with Crippen LogP contribution in [-0.2, 0) is 0 Å². The van der Waals surface area contributed by atoms with Crippen LogP contribution in [0, 0.1) is 0 Å². The maximum atomic E-state index is 6.22. The fraction of sp³-hybridized carbons (Fsp3) is 0. The Bertz CT molecular complexity index is 3250. The minimum Gasteiger partial charge on any atom is -0.456 e. The third-order valence-electron chi connectivity index (χ3n) is 11.4. The molecular formula is C56H37NO. The summed E-state index contributed by atoms with van der Waals surface area (Å²) in [5, 5.41) is 8.66.